The number of anilines is 1. The summed E-state index contributed by atoms with van der Waals surface area (Å²) in [7, 11) is 0. The van der Waals surface area contributed by atoms with Gasteiger partial charge in [0.25, 0.3) is 5.91 Å². The van der Waals surface area contributed by atoms with E-state index in [4.69, 9.17) is 5.84 Å². The molecule has 1 heterocycles. The van der Waals surface area contributed by atoms with Crippen LogP contribution < -0.4 is 16.6 Å². The van der Waals surface area contributed by atoms with Gasteiger partial charge < -0.3 is 15.6 Å². The van der Waals surface area contributed by atoms with Crippen LogP contribution in [0.15, 0.2) is 18.2 Å². The van der Waals surface area contributed by atoms with E-state index >= 15 is 0 Å². The lowest BCUT2D eigenvalue weighted by Crippen LogP contribution is -2.57. The largest absolute Gasteiger partial charge is 0.353 e. The zero-order valence-electron chi connectivity index (χ0n) is 11.1. The van der Waals surface area contributed by atoms with Crippen molar-refractivity contribution >= 4 is 17.5 Å². The van der Waals surface area contributed by atoms with Crippen molar-refractivity contribution in [2.75, 3.05) is 18.5 Å². The SMILES string of the molecule is CCC1C(=O)NCCN1C(=O)c1cccc(F)c1NN. The Bertz CT molecular complexity index is 535. The van der Waals surface area contributed by atoms with Gasteiger partial charge in [0.05, 0.1) is 11.3 Å². The third-order valence-electron chi connectivity index (χ3n) is 3.37. The molecule has 0 bridgehead atoms. The van der Waals surface area contributed by atoms with E-state index in [9.17, 15) is 14.0 Å². The Morgan fingerprint density at radius 1 is 1.60 bits per heavy atom. The highest BCUT2D eigenvalue weighted by atomic mass is 19.1. The topological polar surface area (TPSA) is 87.5 Å². The minimum atomic E-state index is -0.604. The number of para-hydroxylation sites is 1. The normalized spacial score (nSPS) is 18.6. The molecule has 7 heteroatoms. The number of hydrogen-bond acceptors (Lipinski definition) is 4. The number of amides is 2. The first-order valence-corrected chi connectivity index (χ1v) is 6.44. The number of halogens is 1. The summed E-state index contributed by atoms with van der Waals surface area (Å²) in [5, 5.41) is 2.71. The van der Waals surface area contributed by atoms with Gasteiger partial charge in [0.1, 0.15) is 11.9 Å². The van der Waals surface area contributed by atoms with E-state index in [0.717, 1.165) is 0 Å². The minimum Gasteiger partial charge on any atom is -0.353 e. The molecule has 1 aliphatic rings. The molecule has 0 aliphatic carbocycles. The number of carbonyl (C=O) groups is 2. The second-order valence-electron chi connectivity index (χ2n) is 4.52. The number of rotatable bonds is 3. The molecule has 0 radical (unpaired) electrons. The van der Waals surface area contributed by atoms with Crippen molar-refractivity contribution in [1.82, 2.24) is 10.2 Å². The van der Waals surface area contributed by atoms with Crippen LogP contribution in [0.3, 0.4) is 0 Å². The molecule has 1 atom stereocenters. The smallest absolute Gasteiger partial charge is 0.256 e. The molecule has 2 rings (SSSR count). The van der Waals surface area contributed by atoms with Crippen molar-refractivity contribution in [3.05, 3.63) is 29.6 Å². The van der Waals surface area contributed by atoms with Gasteiger partial charge in [0, 0.05) is 13.1 Å². The maximum absolute atomic E-state index is 13.6. The quantitative estimate of drug-likeness (QED) is 0.554. The molecule has 0 saturated carbocycles. The van der Waals surface area contributed by atoms with Crippen LogP contribution in [-0.2, 0) is 4.79 Å². The van der Waals surface area contributed by atoms with Crippen LogP contribution in [0, 0.1) is 5.82 Å². The number of benzene rings is 1. The second kappa shape index (κ2) is 5.87. The van der Waals surface area contributed by atoms with Gasteiger partial charge in [0.15, 0.2) is 0 Å². The summed E-state index contributed by atoms with van der Waals surface area (Å²) in [5.41, 5.74) is 2.27. The minimum absolute atomic E-state index is 0.0571. The molecule has 20 heavy (non-hydrogen) atoms. The van der Waals surface area contributed by atoms with Gasteiger partial charge >= 0.3 is 0 Å². The lowest BCUT2D eigenvalue weighted by atomic mass is 10.1. The van der Waals surface area contributed by atoms with E-state index in [1.807, 2.05) is 6.92 Å². The Labute approximate surface area is 116 Å². The average Bonchev–Trinajstić information content (AvgIpc) is 2.46. The summed E-state index contributed by atoms with van der Waals surface area (Å²) in [6.07, 6.45) is 0.498. The summed E-state index contributed by atoms with van der Waals surface area (Å²) < 4.78 is 13.6. The molecule has 0 spiro atoms. The number of hydrazine groups is 1. The highest BCUT2D eigenvalue weighted by Gasteiger charge is 2.33. The van der Waals surface area contributed by atoms with Crippen LogP contribution in [0.1, 0.15) is 23.7 Å². The van der Waals surface area contributed by atoms with Crippen molar-refractivity contribution in [3.63, 3.8) is 0 Å². The van der Waals surface area contributed by atoms with E-state index in [1.165, 1.54) is 23.1 Å². The summed E-state index contributed by atoms with van der Waals surface area (Å²) in [6, 6.07) is 3.60. The van der Waals surface area contributed by atoms with Gasteiger partial charge in [-0.1, -0.05) is 13.0 Å². The monoisotopic (exact) mass is 280 g/mol. The predicted molar refractivity (Wildman–Crippen MR) is 72.3 cm³/mol. The first kappa shape index (κ1) is 14.3. The number of carbonyl (C=O) groups excluding carboxylic acids is 2. The highest BCUT2D eigenvalue weighted by molar-refractivity contribution is 6.02. The zero-order valence-corrected chi connectivity index (χ0v) is 11.1. The molecule has 4 N–H and O–H groups in total. The van der Waals surface area contributed by atoms with E-state index in [2.05, 4.69) is 10.7 Å². The lowest BCUT2D eigenvalue weighted by Gasteiger charge is -2.34. The summed E-state index contributed by atoms with van der Waals surface area (Å²) >= 11 is 0. The number of nitrogens with zero attached hydrogens (tertiary/aromatic N) is 1. The highest BCUT2D eigenvalue weighted by Crippen LogP contribution is 2.22. The Kier molecular flexibility index (Phi) is 4.19. The number of piperazine rings is 1. The molecular weight excluding hydrogens is 263 g/mol. The molecule has 2 amide bonds. The van der Waals surface area contributed by atoms with Crippen LogP contribution in [0.25, 0.3) is 0 Å². The standard InChI is InChI=1S/C13H17FN4O2/c1-2-10-12(19)16-6-7-18(10)13(20)8-4-3-5-9(14)11(8)17-15/h3-5,10,17H,2,6-7,15H2,1H3,(H,16,19). The summed E-state index contributed by atoms with van der Waals surface area (Å²) in [4.78, 5) is 25.8. The van der Waals surface area contributed by atoms with Gasteiger partial charge in [-0.25, -0.2) is 4.39 Å². The van der Waals surface area contributed by atoms with Gasteiger partial charge in [-0.3, -0.25) is 15.4 Å². The molecule has 1 unspecified atom stereocenters. The van der Waals surface area contributed by atoms with Crippen molar-refractivity contribution in [2.24, 2.45) is 5.84 Å². The molecule has 1 aromatic rings. The molecule has 6 nitrogen and oxygen atoms in total. The van der Waals surface area contributed by atoms with Crippen molar-refractivity contribution in [2.45, 2.75) is 19.4 Å². The average molecular weight is 280 g/mol. The lowest BCUT2D eigenvalue weighted by molar-refractivity contribution is -0.127. The summed E-state index contributed by atoms with van der Waals surface area (Å²) in [5.74, 6) is 4.08. The Morgan fingerprint density at radius 3 is 3.00 bits per heavy atom. The maximum Gasteiger partial charge on any atom is 0.256 e. The maximum atomic E-state index is 13.6. The molecular formula is C13H17FN4O2. The third kappa shape index (κ3) is 2.44. The molecule has 0 aromatic heterocycles. The van der Waals surface area contributed by atoms with Crippen LogP contribution in [0.5, 0.6) is 0 Å². The Morgan fingerprint density at radius 2 is 2.35 bits per heavy atom. The van der Waals surface area contributed by atoms with E-state index in [-0.39, 0.29) is 17.2 Å². The van der Waals surface area contributed by atoms with E-state index in [1.54, 1.807) is 0 Å². The summed E-state index contributed by atoms with van der Waals surface area (Å²) in [6.45, 7) is 2.61. The number of hydrogen-bond donors (Lipinski definition) is 3. The Balaban J connectivity index is 2.35. The molecule has 1 saturated heterocycles. The number of nitrogens with one attached hydrogen (secondary N) is 2. The zero-order chi connectivity index (χ0) is 14.7. The molecule has 1 aromatic carbocycles. The van der Waals surface area contributed by atoms with Crippen LogP contribution in [0.2, 0.25) is 0 Å². The first-order valence-electron chi connectivity index (χ1n) is 6.44. The fourth-order valence-corrected chi connectivity index (χ4v) is 2.37. The molecule has 1 aliphatic heterocycles. The molecule has 108 valence electrons. The van der Waals surface area contributed by atoms with Gasteiger partial charge in [-0.2, -0.15) is 0 Å². The Hall–Kier alpha value is -2.15. The van der Waals surface area contributed by atoms with Crippen LogP contribution in [0.4, 0.5) is 10.1 Å². The van der Waals surface area contributed by atoms with Crippen LogP contribution in [-0.4, -0.2) is 35.8 Å². The van der Waals surface area contributed by atoms with Gasteiger partial charge in [0.2, 0.25) is 5.91 Å². The number of nitrogen functional groups attached to an aromatic ring is 1. The molecule has 1 fully saturated rings. The first-order chi connectivity index (χ1) is 9.60. The van der Waals surface area contributed by atoms with E-state index < -0.39 is 17.8 Å². The second-order valence-corrected chi connectivity index (χ2v) is 4.52. The van der Waals surface area contributed by atoms with Crippen LogP contribution >= 0.6 is 0 Å². The number of nitrogens with two attached hydrogens (primary N) is 1. The van der Waals surface area contributed by atoms with E-state index in [0.29, 0.717) is 19.5 Å². The van der Waals surface area contributed by atoms with Gasteiger partial charge in [-0.15, -0.1) is 0 Å². The fourth-order valence-electron chi connectivity index (χ4n) is 2.37. The van der Waals surface area contributed by atoms with Crippen molar-refractivity contribution in [1.29, 1.82) is 0 Å². The third-order valence-corrected chi connectivity index (χ3v) is 3.37. The predicted octanol–water partition coefficient (Wildman–Crippen LogP) is 0.462. The fraction of sp³-hybridized carbons (Fsp3) is 0.385. The van der Waals surface area contributed by atoms with Crippen molar-refractivity contribution < 1.29 is 14.0 Å². The van der Waals surface area contributed by atoms with Crippen molar-refractivity contribution in [3.8, 4) is 0 Å². The van der Waals surface area contributed by atoms with Gasteiger partial charge in [-0.05, 0) is 18.6 Å².